The molecule has 94 valence electrons. The maximum Gasteiger partial charge on any atom is 0.291 e. The topological polar surface area (TPSA) is 42.2 Å². The van der Waals surface area contributed by atoms with Gasteiger partial charge in [-0.25, -0.2) is 0 Å². The number of hydrogen-bond acceptors (Lipinski definition) is 2. The molecule has 0 fully saturated rings. The number of amides is 1. The summed E-state index contributed by atoms with van der Waals surface area (Å²) in [4.78, 5) is 11.9. The first-order valence-electron chi connectivity index (χ1n) is 5.44. The Balaban J connectivity index is 2.15. The number of furan rings is 1. The number of aryl methyl sites for hydroxylation is 1. The maximum atomic E-state index is 11.9. The highest BCUT2D eigenvalue weighted by Gasteiger charge is 2.11. The van der Waals surface area contributed by atoms with E-state index in [1.807, 2.05) is 6.92 Å². The number of hydrogen-bond donors (Lipinski definition) is 1. The van der Waals surface area contributed by atoms with E-state index in [2.05, 4.69) is 5.32 Å². The summed E-state index contributed by atoms with van der Waals surface area (Å²) < 4.78 is 5.35. The van der Waals surface area contributed by atoms with Crippen LogP contribution >= 0.6 is 23.2 Å². The van der Waals surface area contributed by atoms with Crippen LogP contribution in [0, 0.1) is 0 Å². The molecule has 0 atom stereocenters. The summed E-state index contributed by atoms with van der Waals surface area (Å²) in [7, 11) is 0. The number of rotatable bonds is 3. The molecule has 0 radical (unpaired) electrons. The highest BCUT2D eigenvalue weighted by Crippen LogP contribution is 2.23. The van der Waals surface area contributed by atoms with Gasteiger partial charge in [0, 0.05) is 22.2 Å². The van der Waals surface area contributed by atoms with Gasteiger partial charge in [0.05, 0.1) is 0 Å². The Bertz CT molecular complexity index is 558. The molecule has 0 bridgehead atoms. The highest BCUT2D eigenvalue weighted by molar-refractivity contribution is 6.35. The van der Waals surface area contributed by atoms with Crippen LogP contribution in [0.2, 0.25) is 10.0 Å². The normalized spacial score (nSPS) is 10.4. The SMILES string of the molecule is CCc1ccc(C(=O)Nc2cc(Cl)cc(Cl)c2)o1. The first kappa shape index (κ1) is 13.0. The van der Waals surface area contributed by atoms with Gasteiger partial charge in [-0.05, 0) is 30.3 Å². The molecule has 2 aromatic rings. The van der Waals surface area contributed by atoms with Crippen LogP contribution in [0.5, 0.6) is 0 Å². The molecule has 0 saturated heterocycles. The molecule has 2 rings (SSSR count). The Morgan fingerprint density at radius 2 is 1.89 bits per heavy atom. The Morgan fingerprint density at radius 1 is 1.22 bits per heavy atom. The summed E-state index contributed by atoms with van der Waals surface area (Å²) in [6.07, 6.45) is 0.746. The lowest BCUT2D eigenvalue weighted by Gasteiger charge is -2.04. The van der Waals surface area contributed by atoms with Gasteiger partial charge in [-0.3, -0.25) is 4.79 Å². The quantitative estimate of drug-likeness (QED) is 0.907. The molecule has 1 aromatic carbocycles. The molecular formula is C13H11Cl2NO2. The highest BCUT2D eigenvalue weighted by atomic mass is 35.5. The van der Waals surface area contributed by atoms with Crippen LogP contribution in [-0.4, -0.2) is 5.91 Å². The fourth-order valence-corrected chi connectivity index (χ4v) is 2.03. The van der Waals surface area contributed by atoms with Crippen molar-refractivity contribution in [3.8, 4) is 0 Å². The molecule has 3 nitrogen and oxygen atoms in total. The van der Waals surface area contributed by atoms with Gasteiger partial charge in [-0.1, -0.05) is 30.1 Å². The number of carbonyl (C=O) groups is 1. The van der Waals surface area contributed by atoms with Gasteiger partial charge in [0.25, 0.3) is 5.91 Å². The van der Waals surface area contributed by atoms with Gasteiger partial charge in [0.2, 0.25) is 0 Å². The van der Waals surface area contributed by atoms with E-state index in [0.717, 1.165) is 12.2 Å². The fourth-order valence-electron chi connectivity index (χ4n) is 1.51. The molecule has 0 aliphatic rings. The maximum absolute atomic E-state index is 11.9. The van der Waals surface area contributed by atoms with Crippen LogP contribution in [0.25, 0.3) is 0 Å². The summed E-state index contributed by atoms with van der Waals surface area (Å²) in [5, 5.41) is 3.60. The van der Waals surface area contributed by atoms with E-state index in [1.165, 1.54) is 0 Å². The number of nitrogens with one attached hydrogen (secondary N) is 1. The van der Waals surface area contributed by atoms with Crippen molar-refractivity contribution < 1.29 is 9.21 Å². The van der Waals surface area contributed by atoms with E-state index in [1.54, 1.807) is 30.3 Å². The molecule has 0 unspecified atom stereocenters. The molecule has 0 aliphatic carbocycles. The van der Waals surface area contributed by atoms with Crippen molar-refractivity contribution in [2.75, 3.05) is 5.32 Å². The van der Waals surface area contributed by atoms with E-state index in [0.29, 0.717) is 15.7 Å². The van der Waals surface area contributed by atoms with Gasteiger partial charge < -0.3 is 9.73 Å². The molecule has 5 heteroatoms. The van der Waals surface area contributed by atoms with E-state index in [-0.39, 0.29) is 11.7 Å². The minimum Gasteiger partial charge on any atom is -0.456 e. The largest absolute Gasteiger partial charge is 0.456 e. The second-order valence-electron chi connectivity index (χ2n) is 3.73. The molecule has 0 spiro atoms. The lowest BCUT2D eigenvalue weighted by atomic mass is 10.3. The molecular weight excluding hydrogens is 273 g/mol. The lowest BCUT2D eigenvalue weighted by Crippen LogP contribution is -2.10. The molecule has 0 saturated carbocycles. The van der Waals surface area contributed by atoms with Crippen molar-refractivity contribution >= 4 is 34.8 Å². The lowest BCUT2D eigenvalue weighted by molar-refractivity contribution is 0.0995. The summed E-state index contributed by atoms with van der Waals surface area (Å²) in [5.41, 5.74) is 0.534. The number of carbonyl (C=O) groups excluding carboxylic acids is 1. The minimum absolute atomic E-state index is 0.267. The average Bonchev–Trinajstić information content (AvgIpc) is 2.75. The van der Waals surface area contributed by atoms with Gasteiger partial charge in [0.15, 0.2) is 5.76 Å². The van der Waals surface area contributed by atoms with Crippen molar-refractivity contribution in [3.63, 3.8) is 0 Å². The molecule has 1 aromatic heterocycles. The zero-order valence-electron chi connectivity index (χ0n) is 9.67. The number of halogens is 2. The van der Waals surface area contributed by atoms with Crippen molar-refractivity contribution in [3.05, 3.63) is 51.9 Å². The van der Waals surface area contributed by atoms with Gasteiger partial charge in [-0.2, -0.15) is 0 Å². The molecule has 1 amide bonds. The monoisotopic (exact) mass is 283 g/mol. The van der Waals surface area contributed by atoms with Crippen molar-refractivity contribution in [1.29, 1.82) is 0 Å². The third-order valence-electron chi connectivity index (χ3n) is 2.35. The second kappa shape index (κ2) is 5.46. The van der Waals surface area contributed by atoms with Crippen LogP contribution in [0.15, 0.2) is 34.7 Å². The average molecular weight is 284 g/mol. The Labute approximate surface area is 115 Å². The molecule has 0 aliphatic heterocycles. The second-order valence-corrected chi connectivity index (χ2v) is 4.60. The predicted octanol–water partition coefficient (Wildman–Crippen LogP) is 4.40. The third kappa shape index (κ3) is 3.06. The van der Waals surface area contributed by atoms with E-state index < -0.39 is 0 Å². The van der Waals surface area contributed by atoms with Crippen molar-refractivity contribution in [1.82, 2.24) is 0 Å². The minimum atomic E-state index is -0.326. The summed E-state index contributed by atoms with van der Waals surface area (Å²) >= 11 is 11.7. The number of anilines is 1. The Hall–Kier alpha value is -1.45. The Morgan fingerprint density at radius 3 is 2.44 bits per heavy atom. The molecule has 1 heterocycles. The zero-order chi connectivity index (χ0) is 13.1. The van der Waals surface area contributed by atoms with Crippen LogP contribution in [-0.2, 0) is 6.42 Å². The number of benzene rings is 1. The van der Waals surface area contributed by atoms with Crippen molar-refractivity contribution in [2.45, 2.75) is 13.3 Å². The van der Waals surface area contributed by atoms with Crippen LogP contribution < -0.4 is 5.32 Å². The van der Waals surface area contributed by atoms with Gasteiger partial charge in [-0.15, -0.1) is 0 Å². The smallest absolute Gasteiger partial charge is 0.291 e. The van der Waals surface area contributed by atoms with Crippen LogP contribution in [0.4, 0.5) is 5.69 Å². The summed E-state index contributed by atoms with van der Waals surface area (Å²) in [5.74, 6) is 0.709. The Kier molecular flexibility index (Phi) is 3.94. The predicted molar refractivity (Wildman–Crippen MR) is 72.5 cm³/mol. The van der Waals surface area contributed by atoms with Crippen LogP contribution in [0.3, 0.4) is 0 Å². The van der Waals surface area contributed by atoms with Gasteiger partial charge >= 0.3 is 0 Å². The van der Waals surface area contributed by atoms with E-state index in [9.17, 15) is 4.79 Å². The standard InChI is InChI=1S/C13H11Cl2NO2/c1-2-11-3-4-12(18-11)13(17)16-10-6-8(14)5-9(15)7-10/h3-7H,2H2,1H3,(H,16,17). The van der Waals surface area contributed by atoms with Gasteiger partial charge in [0.1, 0.15) is 5.76 Å². The first-order chi connectivity index (χ1) is 8.58. The molecule has 18 heavy (non-hydrogen) atoms. The van der Waals surface area contributed by atoms with Crippen LogP contribution in [0.1, 0.15) is 23.2 Å². The third-order valence-corrected chi connectivity index (χ3v) is 2.79. The summed E-state index contributed by atoms with van der Waals surface area (Å²) in [6.45, 7) is 1.96. The van der Waals surface area contributed by atoms with E-state index >= 15 is 0 Å². The van der Waals surface area contributed by atoms with E-state index in [4.69, 9.17) is 27.6 Å². The zero-order valence-corrected chi connectivity index (χ0v) is 11.2. The first-order valence-corrected chi connectivity index (χ1v) is 6.20. The van der Waals surface area contributed by atoms with Crippen molar-refractivity contribution in [2.24, 2.45) is 0 Å². The molecule has 1 N–H and O–H groups in total. The fraction of sp³-hybridized carbons (Fsp3) is 0.154. The summed E-state index contributed by atoms with van der Waals surface area (Å²) in [6, 6.07) is 8.26.